The predicted molar refractivity (Wildman–Crippen MR) is 82.0 cm³/mol. The molecule has 20 heavy (non-hydrogen) atoms. The first-order valence-corrected chi connectivity index (χ1v) is 7.52. The molecule has 3 rings (SSSR count). The smallest absolute Gasteiger partial charge is 0.266 e. The summed E-state index contributed by atoms with van der Waals surface area (Å²) in [5.41, 5.74) is 6.70. The molecule has 2 aromatic rings. The number of amides is 1. The summed E-state index contributed by atoms with van der Waals surface area (Å²) < 4.78 is 0. The summed E-state index contributed by atoms with van der Waals surface area (Å²) >= 11 is 1.39. The molecule has 1 atom stereocenters. The van der Waals surface area contributed by atoms with Crippen molar-refractivity contribution in [2.24, 2.45) is 0 Å². The van der Waals surface area contributed by atoms with E-state index >= 15 is 0 Å². The van der Waals surface area contributed by atoms with Gasteiger partial charge in [0, 0.05) is 37.3 Å². The number of aromatic nitrogens is 1. The number of likely N-dealkylation sites (N-methyl/N-ethyl adjacent to an activating group) is 1. The summed E-state index contributed by atoms with van der Waals surface area (Å²) in [6, 6.07) is 3.97. The van der Waals surface area contributed by atoms with Crippen LogP contribution in [0.2, 0.25) is 0 Å². The van der Waals surface area contributed by atoms with E-state index in [-0.39, 0.29) is 11.9 Å². The third kappa shape index (κ3) is 2.14. The number of nitrogens with zero attached hydrogens (tertiary/aromatic N) is 3. The van der Waals surface area contributed by atoms with E-state index in [0.717, 1.165) is 29.9 Å². The molecular weight excluding hydrogens is 272 g/mol. The van der Waals surface area contributed by atoms with Crippen LogP contribution >= 0.6 is 11.3 Å². The van der Waals surface area contributed by atoms with Crippen molar-refractivity contribution < 1.29 is 4.79 Å². The third-order valence-corrected chi connectivity index (χ3v) is 4.91. The Balaban J connectivity index is 1.94. The lowest BCUT2D eigenvalue weighted by Crippen LogP contribution is -2.52. The summed E-state index contributed by atoms with van der Waals surface area (Å²) in [5.74, 6) is 0.0334. The molecule has 0 radical (unpaired) electrons. The number of hydrogen-bond acceptors (Lipinski definition) is 5. The first-order chi connectivity index (χ1) is 9.58. The van der Waals surface area contributed by atoms with Crippen molar-refractivity contribution in [3.05, 3.63) is 23.2 Å². The molecular formula is C14H18N4OS. The van der Waals surface area contributed by atoms with Crippen LogP contribution in [-0.2, 0) is 0 Å². The normalized spacial score (nSPS) is 20.5. The van der Waals surface area contributed by atoms with E-state index < -0.39 is 0 Å². The largest absolute Gasteiger partial charge is 0.397 e. The van der Waals surface area contributed by atoms with E-state index in [1.54, 1.807) is 6.20 Å². The second kappa shape index (κ2) is 5.03. The van der Waals surface area contributed by atoms with Crippen LogP contribution in [-0.4, -0.2) is 53.4 Å². The summed E-state index contributed by atoms with van der Waals surface area (Å²) in [4.78, 5) is 22.6. The van der Waals surface area contributed by atoms with Gasteiger partial charge in [-0.25, -0.2) is 4.98 Å². The van der Waals surface area contributed by atoms with Gasteiger partial charge in [-0.1, -0.05) is 0 Å². The van der Waals surface area contributed by atoms with Crippen LogP contribution in [0.15, 0.2) is 18.3 Å². The van der Waals surface area contributed by atoms with Gasteiger partial charge in [-0.05, 0) is 26.1 Å². The lowest BCUT2D eigenvalue weighted by Gasteiger charge is -2.38. The number of piperazine rings is 1. The Morgan fingerprint density at radius 2 is 2.30 bits per heavy atom. The van der Waals surface area contributed by atoms with Crippen LogP contribution in [0.5, 0.6) is 0 Å². The Bertz CT molecular complexity index is 654. The number of nitrogen functional groups attached to an aromatic ring is 1. The van der Waals surface area contributed by atoms with Gasteiger partial charge < -0.3 is 15.5 Å². The number of carbonyl (C=O) groups is 1. The average Bonchev–Trinajstić information content (AvgIpc) is 2.76. The van der Waals surface area contributed by atoms with E-state index in [0.29, 0.717) is 10.6 Å². The number of hydrogen-bond donors (Lipinski definition) is 1. The summed E-state index contributed by atoms with van der Waals surface area (Å²) in [6.07, 6.45) is 1.73. The van der Waals surface area contributed by atoms with Crippen molar-refractivity contribution >= 4 is 33.1 Å². The van der Waals surface area contributed by atoms with Gasteiger partial charge >= 0.3 is 0 Å². The van der Waals surface area contributed by atoms with Gasteiger partial charge in [0.05, 0.1) is 5.69 Å². The molecule has 0 bridgehead atoms. The number of thiophene rings is 1. The highest BCUT2D eigenvalue weighted by Gasteiger charge is 2.29. The van der Waals surface area contributed by atoms with E-state index in [4.69, 9.17) is 5.73 Å². The van der Waals surface area contributed by atoms with E-state index in [1.807, 2.05) is 17.0 Å². The molecule has 1 fully saturated rings. The molecule has 5 nitrogen and oxygen atoms in total. The molecule has 1 saturated heterocycles. The maximum atomic E-state index is 12.7. The zero-order chi connectivity index (χ0) is 14.3. The maximum absolute atomic E-state index is 12.7. The fourth-order valence-electron chi connectivity index (χ4n) is 2.68. The second-order valence-electron chi connectivity index (χ2n) is 5.31. The molecule has 2 N–H and O–H groups in total. The molecule has 6 heteroatoms. The molecule has 2 aromatic heterocycles. The third-order valence-electron chi connectivity index (χ3n) is 3.79. The first kappa shape index (κ1) is 13.3. The predicted octanol–water partition coefficient (Wildman–Crippen LogP) is 1.65. The topological polar surface area (TPSA) is 62.5 Å². The highest BCUT2D eigenvalue weighted by Crippen LogP contribution is 2.33. The lowest BCUT2D eigenvalue weighted by molar-refractivity contribution is 0.0539. The number of anilines is 1. The number of nitrogens with two attached hydrogens (primary N) is 1. The lowest BCUT2D eigenvalue weighted by atomic mass is 10.1. The van der Waals surface area contributed by atoms with Crippen LogP contribution in [0.25, 0.3) is 10.2 Å². The number of fused-ring (bicyclic) bond motifs is 1. The summed E-state index contributed by atoms with van der Waals surface area (Å²) in [6.45, 7) is 4.63. The van der Waals surface area contributed by atoms with Crippen LogP contribution in [0.1, 0.15) is 16.6 Å². The Morgan fingerprint density at radius 3 is 3.00 bits per heavy atom. The molecule has 1 amide bonds. The molecule has 1 aliphatic rings. The minimum absolute atomic E-state index is 0.0334. The molecule has 0 aliphatic carbocycles. The Morgan fingerprint density at radius 1 is 1.50 bits per heavy atom. The Labute approximate surface area is 122 Å². The van der Waals surface area contributed by atoms with Gasteiger partial charge in [-0.15, -0.1) is 11.3 Å². The van der Waals surface area contributed by atoms with Gasteiger partial charge in [-0.2, -0.15) is 0 Å². The van der Waals surface area contributed by atoms with Gasteiger partial charge in [0.15, 0.2) is 0 Å². The number of rotatable bonds is 1. The molecule has 0 spiro atoms. The van der Waals surface area contributed by atoms with Crippen molar-refractivity contribution in [3.63, 3.8) is 0 Å². The van der Waals surface area contributed by atoms with Crippen molar-refractivity contribution in [1.29, 1.82) is 0 Å². The van der Waals surface area contributed by atoms with Crippen molar-refractivity contribution in [3.8, 4) is 0 Å². The van der Waals surface area contributed by atoms with Crippen molar-refractivity contribution in [1.82, 2.24) is 14.8 Å². The standard InChI is InChI=1S/C14H18N4OS/c1-9-8-17(2)6-7-18(9)14(19)12-11(15)10-4-3-5-16-13(10)20-12/h3-5,9H,6-8,15H2,1-2H3. The summed E-state index contributed by atoms with van der Waals surface area (Å²) in [5, 5.41) is 0.877. The molecule has 1 aliphatic heterocycles. The highest BCUT2D eigenvalue weighted by atomic mass is 32.1. The zero-order valence-corrected chi connectivity index (χ0v) is 12.5. The van der Waals surface area contributed by atoms with Gasteiger partial charge in [0.2, 0.25) is 0 Å². The Hall–Kier alpha value is -1.66. The number of carbonyl (C=O) groups excluding carboxylic acids is 1. The van der Waals surface area contributed by atoms with Crippen LogP contribution < -0.4 is 5.73 Å². The highest BCUT2D eigenvalue weighted by molar-refractivity contribution is 7.21. The monoisotopic (exact) mass is 290 g/mol. The second-order valence-corrected chi connectivity index (χ2v) is 6.31. The summed E-state index contributed by atoms with van der Waals surface area (Å²) in [7, 11) is 2.08. The van der Waals surface area contributed by atoms with E-state index in [2.05, 4.69) is 23.9 Å². The van der Waals surface area contributed by atoms with E-state index in [9.17, 15) is 4.79 Å². The molecule has 0 aromatic carbocycles. The fraction of sp³-hybridized carbons (Fsp3) is 0.429. The minimum Gasteiger partial charge on any atom is -0.397 e. The van der Waals surface area contributed by atoms with Gasteiger partial charge in [0.1, 0.15) is 9.71 Å². The van der Waals surface area contributed by atoms with Crippen LogP contribution in [0.4, 0.5) is 5.69 Å². The SMILES string of the molecule is CC1CN(C)CCN1C(=O)c1sc2ncccc2c1N. The van der Waals surface area contributed by atoms with E-state index in [1.165, 1.54) is 11.3 Å². The van der Waals surface area contributed by atoms with Crippen LogP contribution in [0.3, 0.4) is 0 Å². The average molecular weight is 290 g/mol. The quantitative estimate of drug-likeness (QED) is 0.867. The number of pyridine rings is 1. The first-order valence-electron chi connectivity index (χ1n) is 6.70. The fourth-order valence-corrected chi connectivity index (χ4v) is 3.70. The molecule has 3 heterocycles. The van der Waals surface area contributed by atoms with Gasteiger partial charge in [0.25, 0.3) is 5.91 Å². The maximum Gasteiger partial charge on any atom is 0.266 e. The molecule has 0 saturated carbocycles. The van der Waals surface area contributed by atoms with Gasteiger partial charge in [-0.3, -0.25) is 4.79 Å². The molecule has 1 unspecified atom stereocenters. The zero-order valence-electron chi connectivity index (χ0n) is 11.7. The minimum atomic E-state index is 0.0334. The Kier molecular flexibility index (Phi) is 3.35. The molecule has 106 valence electrons. The van der Waals surface area contributed by atoms with Crippen molar-refractivity contribution in [2.45, 2.75) is 13.0 Å². The van der Waals surface area contributed by atoms with Crippen molar-refractivity contribution in [2.75, 3.05) is 32.4 Å². The van der Waals surface area contributed by atoms with Crippen LogP contribution in [0, 0.1) is 0 Å².